The molecule has 17 heavy (non-hydrogen) atoms. The fourth-order valence-electron chi connectivity index (χ4n) is 1.54. The second kappa shape index (κ2) is 5.41. The first-order valence-corrected chi connectivity index (χ1v) is 5.93. The minimum absolute atomic E-state index is 0.507. The van der Waals surface area contributed by atoms with Gasteiger partial charge in [-0.3, -0.25) is 0 Å². The maximum Gasteiger partial charge on any atom is 0.0613 e. The molecule has 0 aliphatic heterocycles. The van der Waals surface area contributed by atoms with Gasteiger partial charge in [0.15, 0.2) is 0 Å². The number of hydrogen-bond acceptors (Lipinski definition) is 2. The van der Waals surface area contributed by atoms with Crippen molar-refractivity contribution in [3.8, 4) is 0 Å². The highest BCUT2D eigenvalue weighted by Crippen LogP contribution is 2.26. The Balaban J connectivity index is 2.14. The third kappa shape index (κ3) is 3.13. The average Bonchev–Trinajstić information content (AvgIpc) is 2.34. The quantitative estimate of drug-likeness (QED) is 0.675. The van der Waals surface area contributed by atoms with Gasteiger partial charge in [0.05, 0.1) is 22.3 Å². The largest absolute Gasteiger partial charge is 0.307 e. The molecule has 0 fully saturated rings. The lowest BCUT2D eigenvalue weighted by atomic mass is 10.2. The van der Waals surface area contributed by atoms with Gasteiger partial charge in [-0.05, 0) is 23.8 Å². The molecule has 0 saturated heterocycles. The molecule has 0 amide bonds. The Morgan fingerprint density at radius 1 is 0.941 bits per heavy atom. The van der Waals surface area contributed by atoms with Crippen LogP contribution in [0.15, 0.2) is 48.5 Å². The van der Waals surface area contributed by atoms with Crippen LogP contribution in [0.3, 0.4) is 0 Å². The van der Waals surface area contributed by atoms with Gasteiger partial charge < -0.3 is 5.01 Å². The van der Waals surface area contributed by atoms with E-state index in [1.165, 1.54) is 0 Å². The summed E-state index contributed by atoms with van der Waals surface area (Å²) in [6.07, 6.45) is 0. The number of hydrogen-bond donors (Lipinski definition) is 1. The molecule has 0 heterocycles. The molecule has 0 saturated carbocycles. The first-order valence-electron chi connectivity index (χ1n) is 5.18. The Kier molecular flexibility index (Phi) is 3.89. The normalized spacial score (nSPS) is 10.3. The molecule has 4 heteroatoms. The number of nitrogens with two attached hydrogens (primary N) is 1. The highest BCUT2D eigenvalue weighted by atomic mass is 35.5. The Hall–Kier alpha value is -1.22. The van der Waals surface area contributed by atoms with Crippen LogP contribution in [-0.4, -0.2) is 0 Å². The van der Waals surface area contributed by atoms with Crippen LogP contribution < -0.4 is 10.9 Å². The van der Waals surface area contributed by atoms with Crippen LogP contribution in [-0.2, 0) is 6.54 Å². The van der Waals surface area contributed by atoms with Crippen LogP contribution in [0.2, 0.25) is 10.0 Å². The maximum atomic E-state index is 5.98. The molecule has 2 aromatic rings. The zero-order chi connectivity index (χ0) is 12.3. The Morgan fingerprint density at radius 2 is 1.65 bits per heavy atom. The van der Waals surface area contributed by atoms with Crippen molar-refractivity contribution in [3.05, 3.63) is 64.1 Å². The van der Waals surface area contributed by atoms with Crippen molar-refractivity contribution in [2.45, 2.75) is 6.54 Å². The van der Waals surface area contributed by atoms with Crippen molar-refractivity contribution >= 4 is 28.9 Å². The van der Waals surface area contributed by atoms with E-state index in [0.717, 1.165) is 11.3 Å². The molecule has 2 aromatic carbocycles. The fraction of sp³-hybridized carbons (Fsp3) is 0.0769. The fourth-order valence-corrected chi connectivity index (χ4v) is 1.83. The third-order valence-corrected chi connectivity index (χ3v) is 3.17. The molecule has 0 atom stereocenters. The average molecular weight is 267 g/mol. The number of rotatable bonds is 3. The van der Waals surface area contributed by atoms with E-state index >= 15 is 0 Å². The van der Waals surface area contributed by atoms with Crippen molar-refractivity contribution < 1.29 is 0 Å². The van der Waals surface area contributed by atoms with Crippen LogP contribution in [0.4, 0.5) is 5.69 Å². The number of benzene rings is 2. The van der Waals surface area contributed by atoms with Crippen LogP contribution in [0.5, 0.6) is 0 Å². The number of anilines is 1. The molecule has 0 aromatic heterocycles. The van der Waals surface area contributed by atoms with Crippen LogP contribution >= 0.6 is 23.2 Å². The zero-order valence-electron chi connectivity index (χ0n) is 9.11. The highest BCUT2D eigenvalue weighted by Gasteiger charge is 2.05. The van der Waals surface area contributed by atoms with Crippen molar-refractivity contribution in [2.75, 3.05) is 5.01 Å². The summed E-state index contributed by atoms with van der Waals surface area (Å²) in [5, 5.41) is 2.67. The van der Waals surface area contributed by atoms with Crippen molar-refractivity contribution in [1.29, 1.82) is 0 Å². The Bertz CT molecular complexity index is 500. The van der Waals surface area contributed by atoms with Crippen LogP contribution in [0.1, 0.15) is 5.56 Å². The maximum absolute atomic E-state index is 5.98. The van der Waals surface area contributed by atoms with Gasteiger partial charge >= 0.3 is 0 Å². The van der Waals surface area contributed by atoms with Gasteiger partial charge in [-0.15, -0.1) is 0 Å². The second-order valence-electron chi connectivity index (χ2n) is 3.71. The molecule has 0 aliphatic rings. The van der Waals surface area contributed by atoms with E-state index < -0.39 is 0 Å². The lowest BCUT2D eigenvalue weighted by Crippen LogP contribution is -2.29. The summed E-state index contributed by atoms with van der Waals surface area (Å²) >= 11 is 11.8. The van der Waals surface area contributed by atoms with Gasteiger partial charge in [0.2, 0.25) is 0 Å². The minimum Gasteiger partial charge on any atom is -0.307 e. The Morgan fingerprint density at radius 3 is 2.29 bits per heavy atom. The molecular weight excluding hydrogens is 255 g/mol. The summed E-state index contributed by atoms with van der Waals surface area (Å²) < 4.78 is 0. The second-order valence-corrected chi connectivity index (χ2v) is 4.53. The molecule has 0 bridgehead atoms. The SMILES string of the molecule is NN(Cc1ccccc1)c1ccc(Cl)c(Cl)c1. The Labute approximate surface area is 111 Å². The first-order chi connectivity index (χ1) is 8.16. The minimum atomic E-state index is 0.507. The van der Waals surface area contributed by atoms with E-state index in [4.69, 9.17) is 29.0 Å². The lowest BCUT2D eigenvalue weighted by molar-refractivity contribution is 0.853. The van der Waals surface area contributed by atoms with E-state index in [-0.39, 0.29) is 0 Å². The summed E-state index contributed by atoms with van der Waals surface area (Å²) in [7, 11) is 0. The van der Waals surface area contributed by atoms with Gasteiger partial charge in [-0.25, -0.2) is 5.84 Å². The van der Waals surface area contributed by atoms with Crippen molar-refractivity contribution in [2.24, 2.45) is 5.84 Å². The summed E-state index contributed by atoms with van der Waals surface area (Å²) in [4.78, 5) is 0. The summed E-state index contributed by atoms with van der Waals surface area (Å²) in [5.41, 5.74) is 1.98. The summed E-state index contributed by atoms with van der Waals surface area (Å²) in [6, 6.07) is 15.3. The van der Waals surface area contributed by atoms with Gasteiger partial charge in [-0.1, -0.05) is 53.5 Å². The number of hydrazine groups is 1. The van der Waals surface area contributed by atoms with Crippen LogP contribution in [0.25, 0.3) is 0 Å². The molecule has 2 nitrogen and oxygen atoms in total. The molecule has 88 valence electrons. The topological polar surface area (TPSA) is 29.3 Å². The third-order valence-electron chi connectivity index (χ3n) is 2.43. The molecule has 2 rings (SSSR count). The molecule has 2 N–H and O–H groups in total. The summed E-state index contributed by atoms with van der Waals surface area (Å²) in [6.45, 7) is 0.624. The number of nitrogens with zero attached hydrogens (tertiary/aromatic N) is 1. The molecule has 0 unspecified atom stereocenters. The predicted octanol–water partition coefficient (Wildman–Crippen LogP) is 3.87. The van der Waals surface area contributed by atoms with E-state index in [9.17, 15) is 0 Å². The zero-order valence-corrected chi connectivity index (χ0v) is 10.6. The van der Waals surface area contributed by atoms with E-state index in [2.05, 4.69) is 0 Å². The smallest absolute Gasteiger partial charge is 0.0613 e. The molecule has 0 spiro atoms. The highest BCUT2D eigenvalue weighted by molar-refractivity contribution is 6.42. The summed E-state index contributed by atoms with van der Waals surface area (Å²) in [5.74, 6) is 5.98. The standard InChI is InChI=1S/C13H12Cl2N2/c14-12-7-6-11(8-13(12)15)17(16)9-10-4-2-1-3-5-10/h1-8H,9,16H2. The van der Waals surface area contributed by atoms with E-state index in [0.29, 0.717) is 16.6 Å². The monoisotopic (exact) mass is 266 g/mol. The van der Waals surface area contributed by atoms with Gasteiger partial charge in [0.1, 0.15) is 0 Å². The van der Waals surface area contributed by atoms with Crippen molar-refractivity contribution in [3.63, 3.8) is 0 Å². The first kappa shape index (κ1) is 12.2. The van der Waals surface area contributed by atoms with Gasteiger partial charge in [0, 0.05) is 0 Å². The van der Waals surface area contributed by atoms with E-state index in [1.54, 1.807) is 17.1 Å². The number of halogens is 2. The van der Waals surface area contributed by atoms with Crippen molar-refractivity contribution in [1.82, 2.24) is 0 Å². The van der Waals surface area contributed by atoms with Gasteiger partial charge in [-0.2, -0.15) is 0 Å². The predicted molar refractivity (Wildman–Crippen MR) is 73.3 cm³/mol. The molecule has 0 radical (unpaired) electrons. The molecule has 0 aliphatic carbocycles. The molecular formula is C13H12Cl2N2. The lowest BCUT2D eigenvalue weighted by Gasteiger charge is -2.19. The van der Waals surface area contributed by atoms with Gasteiger partial charge in [0.25, 0.3) is 0 Å². The van der Waals surface area contributed by atoms with E-state index in [1.807, 2.05) is 36.4 Å². The van der Waals surface area contributed by atoms with Crippen LogP contribution in [0, 0.1) is 0 Å².